The third-order valence-corrected chi connectivity index (χ3v) is 26.6. The zero-order valence-corrected chi connectivity index (χ0v) is 83.0. The van der Waals surface area contributed by atoms with Gasteiger partial charge in [0.25, 0.3) is 5.88 Å². The lowest BCUT2D eigenvalue weighted by molar-refractivity contribution is -0.137. The van der Waals surface area contributed by atoms with Gasteiger partial charge in [-0.25, -0.2) is 14.4 Å². The topological polar surface area (TPSA) is 447 Å². The number of hydrogen-bond acceptors (Lipinski definition) is 30. The summed E-state index contributed by atoms with van der Waals surface area (Å²) in [6.07, 6.45) is 14.9. The minimum Gasteiger partial charge on any atom is -0.491 e. The molecule has 3 aromatic carbocycles. The van der Waals surface area contributed by atoms with Crippen LogP contribution in [0.3, 0.4) is 0 Å². The maximum atomic E-state index is 14.9. The van der Waals surface area contributed by atoms with Gasteiger partial charge in [0.15, 0.2) is 11.6 Å². The first kappa shape index (κ1) is 116. The number of amides is 8. The molecule has 788 valence electrons. The quantitative estimate of drug-likeness (QED) is 0.00982. The molecule has 0 aliphatic carbocycles. The summed E-state index contributed by atoms with van der Waals surface area (Å²) in [6, 6.07) is 17.6. The number of likely N-dealkylation sites (tertiary alicyclic amines) is 1. The second-order valence-corrected chi connectivity index (χ2v) is 37.3. The Morgan fingerprint density at radius 1 is 0.469 bits per heavy atom. The number of ether oxygens (including phenoxy) is 11. The Bertz CT molecular complexity index is 4780. The van der Waals surface area contributed by atoms with E-state index >= 15 is 0 Å². The number of Topliss-reactive ketones (excluding diaryl/α,β-unsaturated/α-hetero) is 2. The van der Waals surface area contributed by atoms with Crippen LogP contribution in [0.1, 0.15) is 173 Å². The summed E-state index contributed by atoms with van der Waals surface area (Å²) in [5.41, 5.74) is 0.117. The molecule has 10 rings (SSSR count). The maximum absolute atomic E-state index is 14.9. The van der Waals surface area contributed by atoms with Gasteiger partial charge in [-0.1, -0.05) is 38.1 Å². The number of benzene rings is 3. The lowest BCUT2D eigenvalue weighted by atomic mass is 9.94. The van der Waals surface area contributed by atoms with Crippen molar-refractivity contribution in [2.24, 2.45) is 11.8 Å². The van der Waals surface area contributed by atoms with Crippen LogP contribution in [-0.2, 0) is 92.0 Å². The van der Waals surface area contributed by atoms with Gasteiger partial charge in [-0.2, -0.15) is 51.1 Å². The van der Waals surface area contributed by atoms with Crippen molar-refractivity contribution < 1.29 is 122 Å². The summed E-state index contributed by atoms with van der Waals surface area (Å²) >= 11 is 3.91. The van der Waals surface area contributed by atoms with Crippen molar-refractivity contribution in [3.05, 3.63) is 122 Å². The number of carbonyl (C=O) groups excluding carboxylic acids is 10. The lowest BCUT2D eigenvalue weighted by Crippen LogP contribution is -2.43. The number of piperidine rings is 1. The van der Waals surface area contributed by atoms with Crippen molar-refractivity contribution in [1.29, 1.82) is 0 Å². The van der Waals surface area contributed by atoms with E-state index in [0.29, 0.717) is 286 Å². The first-order valence-corrected chi connectivity index (χ1v) is 51.6. The van der Waals surface area contributed by atoms with Gasteiger partial charge in [-0.3, -0.25) is 47.9 Å². The molecular weight excluding hydrogens is 1910 g/mol. The molecule has 36 nitrogen and oxygen atoms in total. The van der Waals surface area contributed by atoms with E-state index in [-0.39, 0.29) is 127 Å². The van der Waals surface area contributed by atoms with Gasteiger partial charge >= 0.3 is 6.18 Å². The monoisotopic (exact) mass is 2050 g/mol. The molecule has 7 heterocycles. The molecule has 5 saturated heterocycles. The molecule has 7 atom stereocenters. The molecule has 5 aliphatic heterocycles. The average molecular weight is 2050 g/mol. The number of fused-ring (bicyclic) bond motifs is 2. The zero-order valence-electron chi connectivity index (χ0n) is 81.4. The summed E-state index contributed by atoms with van der Waals surface area (Å²) < 4.78 is 132. The molecule has 5 aliphatic rings. The van der Waals surface area contributed by atoms with Gasteiger partial charge in [-0.15, -0.1) is 0 Å². The van der Waals surface area contributed by atoms with Crippen LogP contribution in [-0.4, -0.2) is 282 Å². The van der Waals surface area contributed by atoms with Crippen LogP contribution in [0.4, 0.5) is 62.4 Å². The molecule has 143 heavy (non-hydrogen) atoms. The van der Waals surface area contributed by atoms with Crippen LogP contribution in [0.5, 0.6) is 17.4 Å². The predicted molar refractivity (Wildman–Crippen MR) is 531 cm³/mol. The van der Waals surface area contributed by atoms with E-state index in [1.165, 1.54) is 36.4 Å². The second-order valence-electron chi connectivity index (χ2n) is 34.7. The predicted octanol–water partition coefficient (Wildman–Crippen LogP) is 12.5. The van der Waals surface area contributed by atoms with Crippen molar-refractivity contribution in [2.75, 3.05) is 191 Å². The number of ketones is 2. The first-order chi connectivity index (χ1) is 69.4. The minimum atomic E-state index is -4.80. The standard InChI is InChI=1S/C51H68F4N8O10S.C49H72FN7O11S/c1-2-45(65)59-35-10-5-11-36(30-35)60-49-40(51(53,54)55)33-58-50(63-49)61-37-17-18-43(41(52)31-37)73-29-28-69-21-7-13-38(64)12-6-16-47(67)57-20-9-23-71-25-27-72-26-24-70-22-8-19-56-46(66)15-4-3-14-44-39-32-48(68)62-42(39)34-74-44;1-2-47(62)57-21-7-15-39(34-57)68-48-41(50)33-53-49(56-48)54-36-11-5-14-38(31-36)67-30-29-63-22-8-13-37(58)12-6-18-45(60)52-20-10-24-65-26-28-66-27-25-64-23-9-19-51-44(59)17-4-3-16-43-40-32-46(61)55-42(40)35-69-43/h2,5,10-11,17-18,30-31,33,39,42,44H,1,3-4,6-9,12-16,19-29,32,34H2,(H,56,66)(H,57,67)(H,59,65)(H,62,68)(H2,58,60,61,63);2,5,11,14,31,33,39-40,42-43H,1,3-4,6-10,12-13,15-30,32,34-35H2,(H,51,59)(H,52,60)(H,55,61)(H,53,54,56)/t39-,42-,44-;39-,40-,42-,43-/m00/s1. The number of halogens is 5. The summed E-state index contributed by atoms with van der Waals surface area (Å²) in [4.78, 5) is 138. The molecule has 10 N–H and O–H groups in total. The van der Waals surface area contributed by atoms with Crippen molar-refractivity contribution in [2.45, 2.75) is 202 Å². The third kappa shape index (κ3) is 46.9. The molecule has 5 aromatic rings. The smallest absolute Gasteiger partial charge is 0.421 e. The molecule has 0 saturated carbocycles. The van der Waals surface area contributed by atoms with Crippen LogP contribution in [0.15, 0.2) is 104 Å². The number of nitrogens with zero attached hydrogens (tertiary/aromatic N) is 5. The van der Waals surface area contributed by atoms with Crippen molar-refractivity contribution >= 4 is 123 Å². The number of nitrogens with one attached hydrogen (secondary N) is 10. The van der Waals surface area contributed by atoms with Crippen LogP contribution in [0, 0.1) is 23.5 Å². The Labute approximate surface area is 840 Å². The fraction of sp³-hybridized carbons (Fsp3) is 0.600. The fourth-order valence-corrected chi connectivity index (χ4v) is 19.4. The molecule has 0 unspecified atom stereocenters. The number of carbonyl (C=O) groups is 10. The van der Waals surface area contributed by atoms with E-state index in [2.05, 4.69) is 86.3 Å². The Hall–Kier alpha value is -10.8. The van der Waals surface area contributed by atoms with Crippen molar-refractivity contribution in [3.63, 3.8) is 0 Å². The molecule has 8 amide bonds. The average Bonchev–Trinajstić information content (AvgIpc) is 1.79. The summed E-state index contributed by atoms with van der Waals surface area (Å²) in [5, 5.41) is 29.6. The third-order valence-electron chi connectivity index (χ3n) is 23.4. The van der Waals surface area contributed by atoms with Gasteiger partial charge in [0.2, 0.25) is 65.0 Å². The highest BCUT2D eigenvalue weighted by Crippen LogP contribution is 2.43. The van der Waals surface area contributed by atoms with Crippen LogP contribution >= 0.6 is 23.5 Å². The van der Waals surface area contributed by atoms with Crippen LogP contribution < -0.4 is 67.4 Å². The summed E-state index contributed by atoms with van der Waals surface area (Å²) in [7, 11) is 0. The van der Waals surface area contributed by atoms with E-state index in [1.807, 2.05) is 23.5 Å². The van der Waals surface area contributed by atoms with Gasteiger partial charge in [-0.05, 0) is 145 Å². The largest absolute Gasteiger partial charge is 0.491 e. The second kappa shape index (κ2) is 67.0. The number of hydrogen-bond donors (Lipinski definition) is 10. The van der Waals surface area contributed by atoms with Crippen LogP contribution in [0.2, 0.25) is 0 Å². The molecule has 5 fully saturated rings. The first-order valence-electron chi connectivity index (χ1n) is 49.5. The van der Waals surface area contributed by atoms with Gasteiger partial charge in [0, 0.05) is 224 Å². The lowest BCUT2D eigenvalue weighted by Gasteiger charge is -2.32. The van der Waals surface area contributed by atoms with E-state index in [4.69, 9.17) is 52.1 Å². The molecular formula is C100H140F5N15O21S2. The number of unbranched alkanes of at least 4 members (excludes halogenated alkanes) is 2. The number of thioether (sulfide) groups is 2. The Kier molecular flexibility index (Phi) is 54.3. The maximum Gasteiger partial charge on any atom is 0.421 e. The highest BCUT2D eigenvalue weighted by atomic mass is 32.2. The highest BCUT2D eigenvalue weighted by molar-refractivity contribution is 8.00. The fourth-order valence-electron chi connectivity index (χ4n) is 16.1. The van der Waals surface area contributed by atoms with E-state index in [0.717, 1.165) is 87.6 Å². The van der Waals surface area contributed by atoms with Gasteiger partial charge in [0.05, 0.1) is 78.8 Å². The van der Waals surface area contributed by atoms with Crippen molar-refractivity contribution in [1.82, 2.24) is 56.7 Å². The highest BCUT2D eigenvalue weighted by Gasteiger charge is 2.44. The van der Waals surface area contributed by atoms with E-state index < -0.39 is 41.2 Å². The molecule has 0 radical (unpaired) electrons. The summed E-state index contributed by atoms with van der Waals surface area (Å²) in [5.74, 6) is 0.762. The summed E-state index contributed by atoms with van der Waals surface area (Å²) in [6.45, 7) is 17.0. The number of aromatic nitrogens is 4. The zero-order chi connectivity index (χ0) is 102. The molecule has 43 heteroatoms. The minimum absolute atomic E-state index is 0.0127. The van der Waals surface area contributed by atoms with Gasteiger partial charge in [0.1, 0.15) is 48.0 Å². The Morgan fingerprint density at radius 2 is 0.916 bits per heavy atom. The molecule has 0 bridgehead atoms. The van der Waals surface area contributed by atoms with E-state index in [1.54, 1.807) is 35.2 Å². The van der Waals surface area contributed by atoms with E-state index in [9.17, 15) is 69.9 Å². The molecule has 0 spiro atoms. The van der Waals surface area contributed by atoms with Gasteiger partial charge < -0.3 is 110 Å². The number of anilines is 7. The van der Waals surface area contributed by atoms with Crippen molar-refractivity contribution in [3.8, 4) is 17.4 Å². The Morgan fingerprint density at radius 3 is 1.42 bits per heavy atom. The SMILES string of the molecule is C=CC(=O)N1CCC[C@H](Oc2nc(Nc3cccc(OCCOCCCC(=O)CCCC(=O)NCCCOCCOCCOCCCNC(=O)CCCC[C@@H]4SC[C@@H]5NC(=O)C[C@@H]54)c3)ncc2F)C1.C=CC(=O)Nc1cccc(Nc2nc(Nc3ccc(OCCOCCCC(=O)CCCC(=O)NCCCOCCOCCOCCCNC(=O)CCCC[C@@H]4SC[C@@H]5NC(=O)C[C@@H]54)c(F)c3)ncc2C(F)(F)F)c1. The molecule has 2 aromatic heterocycles. The Balaban J connectivity index is 0.000000320. The van der Waals surface area contributed by atoms with Crippen LogP contribution in [0.25, 0.3) is 0 Å². The normalized spacial score (nSPS) is 17.2. The number of alkyl halides is 3. The number of rotatable bonds is 73.